The highest BCUT2D eigenvalue weighted by molar-refractivity contribution is 9.18. The van der Waals surface area contributed by atoms with Crippen molar-refractivity contribution in [1.82, 2.24) is 4.90 Å². The standard InChI is InChI=1S/C14H22BrN5O2/c1-14(2,3)22-13(21)20-6-4-9(5-7-20)19-12(18)10(8-16)11(15)17/h9,17,19H,4-7,18H2,1-3H3/p+1. The molecule has 5 N–H and O–H groups in total. The Kier molecular flexibility index (Phi) is 6.38. The quantitative estimate of drug-likeness (QED) is 0.505. The van der Waals surface area contributed by atoms with Gasteiger partial charge in [0.1, 0.15) is 16.3 Å². The second-order valence-electron chi connectivity index (χ2n) is 6.23. The monoisotopic (exact) mass is 372 g/mol. The zero-order valence-electron chi connectivity index (χ0n) is 13.1. The SMILES string of the molecule is CC(C)(C)OC(=O)N1CCC([NH2+]C(N)=C(C#N)C(=N)Br)CC1. The average molecular weight is 373 g/mol. The summed E-state index contributed by atoms with van der Waals surface area (Å²) in [4.78, 5) is 13.7. The van der Waals surface area contributed by atoms with Crippen LogP contribution in [0.4, 0.5) is 4.79 Å². The second-order valence-corrected chi connectivity index (χ2v) is 7.02. The summed E-state index contributed by atoms with van der Waals surface area (Å²) < 4.78 is 5.33. The van der Waals surface area contributed by atoms with E-state index in [1.807, 2.05) is 26.8 Å². The minimum Gasteiger partial charge on any atom is -0.444 e. The van der Waals surface area contributed by atoms with Gasteiger partial charge >= 0.3 is 6.09 Å². The van der Waals surface area contributed by atoms with Crippen molar-refractivity contribution in [2.24, 2.45) is 5.73 Å². The number of carbonyl (C=O) groups is 1. The van der Waals surface area contributed by atoms with E-state index >= 15 is 0 Å². The van der Waals surface area contributed by atoms with E-state index in [-0.39, 0.29) is 22.3 Å². The summed E-state index contributed by atoms with van der Waals surface area (Å²) in [7, 11) is 0. The van der Waals surface area contributed by atoms with Crippen LogP contribution in [0.5, 0.6) is 0 Å². The average Bonchev–Trinajstić information content (AvgIpc) is 2.37. The zero-order valence-corrected chi connectivity index (χ0v) is 14.7. The van der Waals surface area contributed by atoms with Gasteiger partial charge in [0, 0.05) is 25.9 Å². The third kappa shape index (κ3) is 5.66. The van der Waals surface area contributed by atoms with E-state index in [0.717, 1.165) is 12.8 Å². The van der Waals surface area contributed by atoms with Crippen LogP contribution in [0.2, 0.25) is 0 Å². The molecule has 8 heteroatoms. The fourth-order valence-corrected chi connectivity index (χ4v) is 2.47. The Morgan fingerprint density at radius 1 is 1.45 bits per heavy atom. The molecule has 1 fully saturated rings. The Morgan fingerprint density at radius 2 is 2.00 bits per heavy atom. The minimum absolute atomic E-state index is 0.0186. The Balaban J connectivity index is 2.55. The molecule has 0 aliphatic carbocycles. The normalized spacial score (nSPS) is 17.5. The topological polar surface area (TPSA) is 120 Å². The number of carbonyl (C=O) groups excluding carboxylic acids is 1. The molecule has 0 bridgehead atoms. The summed E-state index contributed by atoms with van der Waals surface area (Å²) in [6.45, 7) is 6.72. The highest BCUT2D eigenvalue weighted by atomic mass is 79.9. The number of nitrogens with one attached hydrogen (secondary N) is 1. The number of hydrogen-bond acceptors (Lipinski definition) is 5. The molecular formula is C14H23BrN5O2+. The fourth-order valence-electron chi connectivity index (χ4n) is 2.15. The number of nitrogens with two attached hydrogens (primary N) is 2. The van der Waals surface area contributed by atoms with Gasteiger partial charge in [-0.15, -0.1) is 0 Å². The van der Waals surface area contributed by atoms with E-state index < -0.39 is 5.60 Å². The number of quaternary nitrogens is 1. The summed E-state index contributed by atoms with van der Waals surface area (Å²) in [5, 5.41) is 18.2. The summed E-state index contributed by atoms with van der Waals surface area (Å²) in [5.41, 5.74) is 5.50. The zero-order chi connectivity index (χ0) is 16.9. The van der Waals surface area contributed by atoms with Crippen molar-refractivity contribution in [3.05, 3.63) is 11.4 Å². The van der Waals surface area contributed by atoms with Crippen molar-refractivity contribution in [1.29, 1.82) is 10.7 Å². The van der Waals surface area contributed by atoms with Gasteiger partial charge in [-0.1, -0.05) is 0 Å². The molecular weight excluding hydrogens is 350 g/mol. The van der Waals surface area contributed by atoms with Gasteiger partial charge in [0.05, 0.1) is 6.04 Å². The largest absolute Gasteiger partial charge is 0.444 e. The fraction of sp³-hybridized carbons (Fsp3) is 0.643. The molecule has 1 aliphatic heterocycles. The maximum absolute atomic E-state index is 12.0. The van der Waals surface area contributed by atoms with Gasteiger partial charge in [0.25, 0.3) is 0 Å². The second kappa shape index (κ2) is 7.61. The summed E-state index contributed by atoms with van der Waals surface area (Å²) in [5.74, 6) is 0.306. The van der Waals surface area contributed by atoms with Crippen LogP contribution in [-0.2, 0) is 4.74 Å². The number of ether oxygens (including phenoxy) is 1. The lowest BCUT2D eigenvalue weighted by Crippen LogP contribution is -2.91. The van der Waals surface area contributed by atoms with E-state index in [4.69, 9.17) is 21.1 Å². The molecule has 0 atom stereocenters. The van der Waals surface area contributed by atoms with Crippen LogP contribution in [0.1, 0.15) is 33.6 Å². The van der Waals surface area contributed by atoms with Crippen molar-refractivity contribution >= 4 is 26.6 Å². The highest BCUT2D eigenvalue weighted by Gasteiger charge is 2.29. The van der Waals surface area contributed by atoms with Crippen LogP contribution in [0.25, 0.3) is 0 Å². The number of allylic oxidation sites excluding steroid dienone is 1. The molecule has 0 aromatic heterocycles. The van der Waals surface area contributed by atoms with E-state index in [1.165, 1.54) is 0 Å². The summed E-state index contributed by atoms with van der Waals surface area (Å²) in [6, 6.07) is 2.10. The van der Waals surface area contributed by atoms with E-state index in [9.17, 15) is 4.79 Å². The van der Waals surface area contributed by atoms with Gasteiger partial charge in [-0.3, -0.25) is 10.7 Å². The third-order valence-electron chi connectivity index (χ3n) is 3.23. The molecule has 1 saturated heterocycles. The molecule has 7 nitrogen and oxygen atoms in total. The molecule has 122 valence electrons. The molecule has 0 aromatic carbocycles. The molecule has 22 heavy (non-hydrogen) atoms. The first-order valence-electron chi connectivity index (χ1n) is 7.11. The number of nitrogens with zero attached hydrogens (tertiary/aromatic N) is 2. The van der Waals surface area contributed by atoms with Crippen LogP contribution < -0.4 is 11.1 Å². The number of amides is 1. The first-order valence-corrected chi connectivity index (χ1v) is 7.90. The molecule has 1 amide bonds. The molecule has 1 rings (SSSR count). The summed E-state index contributed by atoms with van der Waals surface area (Å²) >= 11 is 2.96. The number of likely N-dealkylation sites (tertiary alicyclic amines) is 1. The van der Waals surface area contributed by atoms with E-state index in [2.05, 4.69) is 15.9 Å². The van der Waals surface area contributed by atoms with E-state index in [0.29, 0.717) is 18.9 Å². The van der Waals surface area contributed by atoms with Crippen LogP contribution in [0.15, 0.2) is 11.4 Å². The van der Waals surface area contributed by atoms with E-state index in [1.54, 1.807) is 10.2 Å². The Hall–Kier alpha value is -1.59. The lowest BCUT2D eigenvalue weighted by Gasteiger charge is -2.32. The Labute approximate surface area is 139 Å². The highest BCUT2D eigenvalue weighted by Crippen LogP contribution is 2.14. The Bertz CT molecular complexity index is 510. The van der Waals surface area contributed by atoms with Gasteiger partial charge in [-0.05, 0) is 36.7 Å². The van der Waals surface area contributed by atoms with Crippen LogP contribution in [0, 0.1) is 16.7 Å². The lowest BCUT2D eigenvalue weighted by molar-refractivity contribution is -0.648. The van der Waals surface area contributed by atoms with Crippen LogP contribution in [-0.4, -0.2) is 40.3 Å². The molecule has 1 heterocycles. The number of piperidine rings is 1. The van der Waals surface area contributed by atoms with Gasteiger partial charge < -0.3 is 15.4 Å². The van der Waals surface area contributed by atoms with Crippen molar-refractivity contribution in [2.45, 2.75) is 45.3 Å². The molecule has 0 spiro atoms. The van der Waals surface area contributed by atoms with Gasteiger partial charge in [0.2, 0.25) is 5.82 Å². The van der Waals surface area contributed by atoms with Crippen LogP contribution >= 0.6 is 15.9 Å². The van der Waals surface area contributed by atoms with Crippen molar-refractivity contribution in [2.75, 3.05) is 13.1 Å². The van der Waals surface area contributed by atoms with Gasteiger partial charge in [0.15, 0.2) is 5.57 Å². The molecule has 0 unspecified atom stereocenters. The lowest BCUT2D eigenvalue weighted by atomic mass is 10.1. The van der Waals surface area contributed by atoms with Gasteiger partial charge in [-0.25, -0.2) is 4.79 Å². The predicted molar refractivity (Wildman–Crippen MR) is 86.2 cm³/mol. The Morgan fingerprint density at radius 3 is 2.41 bits per heavy atom. The van der Waals surface area contributed by atoms with Crippen molar-refractivity contribution in [3.63, 3.8) is 0 Å². The molecule has 0 radical (unpaired) electrons. The predicted octanol–water partition coefficient (Wildman–Crippen LogP) is 1.02. The first kappa shape index (κ1) is 18.5. The van der Waals surface area contributed by atoms with Crippen molar-refractivity contribution in [3.8, 4) is 6.07 Å². The molecule has 0 saturated carbocycles. The van der Waals surface area contributed by atoms with Crippen molar-refractivity contribution < 1.29 is 14.8 Å². The minimum atomic E-state index is -0.495. The maximum Gasteiger partial charge on any atom is 0.410 e. The molecule has 1 aliphatic rings. The summed E-state index contributed by atoms with van der Waals surface area (Å²) in [6.07, 6.45) is 1.22. The third-order valence-corrected chi connectivity index (χ3v) is 3.62. The number of hydrogen-bond donors (Lipinski definition) is 3. The van der Waals surface area contributed by atoms with Crippen LogP contribution in [0.3, 0.4) is 0 Å². The number of rotatable bonds is 3. The first-order chi connectivity index (χ1) is 10.1. The van der Waals surface area contributed by atoms with Gasteiger partial charge in [-0.2, -0.15) is 5.26 Å². The number of nitriles is 1. The smallest absolute Gasteiger partial charge is 0.410 e. The number of halogens is 1. The maximum atomic E-state index is 12.0. The molecule has 0 aromatic rings.